The molecule has 8 heteroatoms. The number of piperazine rings is 1. The largest absolute Gasteiger partial charge is 0.362 e. The number of para-hydroxylation sites is 2. The average Bonchev–Trinajstić information content (AvgIpc) is 2.61. The fourth-order valence-electron chi connectivity index (χ4n) is 3.76. The summed E-state index contributed by atoms with van der Waals surface area (Å²) in [6.45, 7) is 2.46. The van der Waals surface area contributed by atoms with E-state index in [1.54, 1.807) is 12.1 Å². The van der Waals surface area contributed by atoms with E-state index in [9.17, 15) is 14.9 Å². The molecule has 2 N–H and O–H groups in total. The smallest absolute Gasteiger partial charge is 0.292 e. The lowest BCUT2D eigenvalue weighted by molar-refractivity contribution is -0.384. The summed E-state index contributed by atoms with van der Waals surface area (Å²) in [5.74, 6) is 0.249. The second-order valence-corrected chi connectivity index (χ2v) is 6.68. The molecular weight excluding hydrogens is 344 g/mol. The highest BCUT2D eigenvalue weighted by Crippen LogP contribution is 2.29. The molecule has 0 aromatic heterocycles. The van der Waals surface area contributed by atoms with Crippen LogP contribution in [0.4, 0.5) is 11.4 Å². The van der Waals surface area contributed by atoms with Crippen molar-refractivity contribution in [2.75, 3.05) is 31.1 Å². The number of hydrogen-bond acceptors (Lipinski definition) is 5. The lowest BCUT2D eigenvalue weighted by Gasteiger charge is -2.38. The van der Waals surface area contributed by atoms with Crippen LogP contribution in [0.15, 0.2) is 24.3 Å². The van der Waals surface area contributed by atoms with E-state index in [2.05, 4.69) is 0 Å². The Morgan fingerprint density at radius 2 is 1.84 bits per heavy atom. The van der Waals surface area contributed by atoms with Gasteiger partial charge in [0.2, 0.25) is 5.91 Å². The monoisotopic (exact) mass is 368 g/mol. The first-order valence-electron chi connectivity index (χ1n) is 8.59. The zero-order chi connectivity index (χ0) is 17.1. The molecule has 1 saturated carbocycles. The molecule has 25 heavy (non-hydrogen) atoms. The van der Waals surface area contributed by atoms with Gasteiger partial charge in [0.25, 0.3) is 5.69 Å². The number of carbonyl (C=O) groups excluding carboxylic acids is 1. The first kappa shape index (κ1) is 19.5. The van der Waals surface area contributed by atoms with E-state index in [1.807, 2.05) is 15.9 Å². The predicted octanol–water partition coefficient (Wildman–Crippen LogP) is 2.18. The molecule has 138 valence electrons. The van der Waals surface area contributed by atoms with Crippen LogP contribution in [0.3, 0.4) is 0 Å². The highest BCUT2D eigenvalue weighted by molar-refractivity contribution is 5.85. The zero-order valence-electron chi connectivity index (χ0n) is 14.2. The predicted molar refractivity (Wildman–Crippen MR) is 99.1 cm³/mol. The van der Waals surface area contributed by atoms with E-state index < -0.39 is 0 Å². The van der Waals surface area contributed by atoms with Crippen molar-refractivity contribution in [1.82, 2.24) is 4.90 Å². The number of nitro groups is 1. The van der Waals surface area contributed by atoms with Gasteiger partial charge in [-0.25, -0.2) is 0 Å². The van der Waals surface area contributed by atoms with E-state index in [0.717, 1.165) is 25.7 Å². The molecule has 1 aromatic carbocycles. The van der Waals surface area contributed by atoms with Crippen molar-refractivity contribution < 1.29 is 9.72 Å². The van der Waals surface area contributed by atoms with E-state index in [0.29, 0.717) is 31.9 Å². The SMILES string of the molecule is Cl.NC1CCCC(C(=O)N2CCN(c3ccccc3[N+](=O)[O-])CC2)C1. The minimum atomic E-state index is -0.351. The van der Waals surface area contributed by atoms with Crippen LogP contribution in [0.1, 0.15) is 25.7 Å². The number of amides is 1. The topological polar surface area (TPSA) is 92.7 Å². The van der Waals surface area contributed by atoms with Gasteiger partial charge in [-0.05, 0) is 25.3 Å². The molecule has 1 heterocycles. The van der Waals surface area contributed by atoms with Gasteiger partial charge in [-0.2, -0.15) is 0 Å². The number of anilines is 1. The van der Waals surface area contributed by atoms with Crippen LogP contribution < -0.4 is 10.6 Å². The molecule has 1 aliphatic carbocycles. The van der Waals surface area contributed by atoms with Gasteiger partial charge in [0.15, 0.2) is 0 Å². The summed E-state index contributed by atoms with van der Waals surface area (Å²) in [6.07, 6.45) is 3.74. The number of nitro benzene ring substituents is 1. The average molecular weight is 369 g/mol. The highest BCUT2D eigenvalue weighted by Gasteiger charge is 2.31. The number of halogens is 1. The normalized spacial score (nSPS) is 23.7. The second-order valence-electron chi connectivity index (χ2n) is 6.68. The number of hydrogen-bond donors (Lipinski definition) is 1. The molecule has 2 atom stereocenters. The van der Waals surface area contributed by atoms with Gasteiger partial charge in [-0.3, -0.25) is 14.9 Å². The summed E-state index contributed by atoms with van der Waals surface area (Å²) in [6, 6.07) is 6.92. The zero-order valence-corrected chi connectivity index (χ0v) is 15.0. The van der Waals surface area contributed by atoms with Crippen LogP contribution in [0.5, 0.6) is 0 Å². The van der Waals surface area contributed by atoms with Crippen molar-refractivity contribution in [3.63, 3.8) is 0 Å². The second kappa shape index (κ2) is 8.49. The molecule has 3 rings (SSSR count). The number of carbonyl (C=O) groups is 1. The Morgan fingerprint density at radius 3 is 2.48 bits per heavy atom. The van der Waals surface area contributed by atoms with E-state index in [-0.39, 0.29) is 40.9 Å². The first-order chi connectivity index (χ1) is 11.6. The Kier molecular flexibility index (Phi) is 6.61. The maximum absolute atomic E-state index is 12.7. The van der Waals surface area contributed by atoms with Gasteiger partial charge in [0.05, 0.1) is 4.92 Å². The Labute approximate surface area is 153 Å². The van der Waals surface area contributed by atoms with Crippen molar-refractivity contribution in [3.05, 3.63) is 34.4 Å². The standard InChI is InChI=1S/C17H24N4O3.ClH/c18-14-5-3-4-13(12-14)17(22)20-10-8-19(9-11-20)15-6-1-2-7-16(15)21(23)24;/h1-2,6-7,13-14H,3-5,8-12,18H2;1H. The lowest BCUT2D eigenvalue weighted by atomic mass is 9.85. The molecule has 1 amide bonds. The Bertz CT molecular complexity index is 620. The van der Waals surface area contributed by atoms with Crippen LogP contribution in [0, 0.1) is 16.0 Å². The van der Waals surface area contributed by atoms with E-state index in [4.69, 9.17) is 5.73 Å². The quantitative estimate of drug-likeness (QED) is 0.652. The fraction of sp³-hybridized carbons (Fsp3) is 0.588. The molecule has 2 unspecified atom stereocenters. The van der Waals surface area contributed by atoms with Crippen molar-refractivity contribution >= 4 is 29.7 Å². The van der Waals surface area contributed by atoms with Crippen molar-refractivity contribution in [2.45, 2.75) is 31.7 Å². The number of rotatable bonds is 3. The Hall–Kier alpha value is -1.86. The molecule has 1 saturated heterocycles. The number of nitrogens with two attached hydrogens (primary N) is 1. The minimum absolute atomic E-state index is 0. The molecule has 2 fully saturated rings. The van der Waals surface area contributed by atoms with Crippen LogP contribution in [0.25, 0.3) is 0 Å². The molecule has 7 nitrogen and oxygen atoms in total. The highest BCUT2D eigenvalue weighted by atomic mass is 35.5. The Morgan fingerprint density at radius 1 is 1.16 bits per heavy atom. The van der Waals surface area contributed by atoms with Gasteiger partial charge in [0, 0.05) is 44.2 Å². The summed E-state index contributed by atoms with van der Waals surface area (Å²) >= 11 is 0. The number of nitrogens with zero attached hydrogens (tertiary/aromatic N) is 3. The summed E-state index contributed by atoms with van der Waals surface area (Å²) in [5, 5.41) is 11.2. The molecular formula is C17H25ClN4O3. The van der Waals surface area contributed by atoms with Gasteiger partial charge in [-0.1, -0.05) is 18.6 Å². The summed E-state index contributed by atoms with van der Waals surface area (Å²) in [7, 11) is 0. The molecule has 1 aromatic rings. The fourth-order valence-corrected chi connectivity index (χ4v) is 3.76. The number of benzene rings is 1. The molecule has 0 bridgehead atoms. The van der Waals surface area contributed by atoms with Gasteiger partial charge in [0.1, 0.15) is 5.69 Å². The first-order valence-corrected chi connectivity index (χ1v) is 8.59. The van der Waals surface area contributed by atoms with Crippen LogP contribution in [-0.2, 0) is 4.79 Å². The van der Waals surface area contributed by atoms with Crippen LogP contribution in [-0.4, -0.2) is 48.0 Å². The summed E-state index contributed by atoms with van der Waals surface area (Å²) < 4.78 is 0. The molecule has 0 spiro atoms. The van der Waals surface area contributed by atoms with Gasteiger partial charge in [-0.15, -0.1) is 12.4 Å². The maximum Gasteiger partial charge on any atom is 0.292 e. The van der Waals surface area contributed by atoms with E-state index in [1.165, 1.54) is 6.07 Å². The van der Waals surface area contributed by atoms with E-state index >= 15 is 0 Å². The summed E-state index contributed by atoms with van der Waals surface area (Å²) in [4.78, 5) is 27.4. The molecule has 0 radical (unpaired) electrons. The summed E-state index contributed by atoms with van der Waals surface area (Å²) in [5.41, 5.74) is 6.75. The lowest BCUT2D eigenvalue weighted by Crippen LogP contribution is -2.51. The van der Waals surface area contributed by atoms with Gasteiger partial charge >= 0.3 is 0 Å². The van der Waals surface area contributed by atoms with Gasteiger partial charge < -0.3 is 15.5 Å². The van der Waals surface area contributed by atoms with Crippen molar-refractivity contribution in [3.8, 4) is 0 Å². The third kappa shape index (κ3) is 4.41. The Balaban J connectivity index is 0.00000225. The van der Waals surface area contributed by atoms with Crippen molar-refractivity contribution in [1.29, 1.82) is 0 Å². The molecule has 1 aliphatic heterocycles. The minimum Gasteiger partial charge on any atom is -0.362 e. The van der Waals surface area contributed by atoms with Crippen LogP contribution >= 0.6 is 12.4 Å². The third-order valence-corrected chi connectivity index (χ3v) is 5.07. The van der Waals surface area contributed by atoms with Crippen molar-refractivity contribution in [2.24, 2.45) is 11.7 Å². The molecule has 2 aliphatic rings. The van der Waals surface area contributed by atoms with Crippen LogP contribution in [0.2, 0.25) is 0 Å². The third-order valence-electron chi connectivity index (χ3n) is 5.07. The maximum atomic E-state index is 12.7.